The van der Waals surface area contributed by atoms with Crippen molar-refractivity contribution in [2.75, 3.05) is 18.0 Å². The Labute approximate surface area is 89.5 Å². The smallest absolute Gasteiger partial charge is 0.131 e. The van der Waals surface area contributed by atoms with E-state index in [9.17, 15) is 0 Å². The summed E-state index contributed by atoms with van der Waals surface area (Å²) >= 11 is 5.80. The zero-order valence-corrected chi connectivity index (χ0v) is 8.74. The molecule has 0 unspecified atom stereocenters. The molecule has 0 N–H and O–H groups in total. The topological polar surface area (TPSA) is 16.1 Å². The third-order valence-corrected chi connectivity index (χ3v) is 1.98. The summed E-state index contributed by atoms with van der Waals surface area (Å²) < 4.78 is 0. The van der Waals surface area contributed by atoms with E-state index in [-0.39, 0.29) is 0 Å². The molecule has 1 heterocycles. The van der Waals surface area contributed by atoms with E-state index in [1.54, 1.807) is 6.20 Å². The van der Waals surface area contributed by atoms with Crippen molar-refractivity contribution >= 4 is 17.3 Å². The number of anilines is 1. The van der Waals surface area contributed by atoms with Gasteiger partial charge in [0.2, 0.25) is 0 Å². The summed E-state index contributed by atoms with van der Waals surface area (Å²) in [6.07, 6.45) is 5.38. The predicted molar refractivity (Wildman–Crippen MR) is 61.9 cm³/mol. The van der Waals surface area contributed by atoms with Crippen LogP contribution in [0.4, 0.5) is 5.69 Å². The predicted octanol–water partition coefficient (Wildman–Crippen LogP) is 2.91. The second-order valence-electron chi connectivity index (χ2n) is 2.82. The van der Waals surface area contributed by atoms with Crippen LogP contribution in [0.25, 0.3) is 0 Å². The Morgan fingerprint density at radius 3 is 2.50 bits per heavy atom. The van der Waals surface area contributed by atoms with Crippen LogP contribution in [0.1, 0.15) is 0 Å². The van der Waals surface area contributed by atoms with Crippen LogP contribution in [0.15, 0.2) is 43.6 Å². The van der Waals surface area contributed by atoms with Gasteiger partial charge in [0.25, 0.3) is 0 Å². The molecule has 0 aliphatic heterocycles. The van der Waals surface area contributed by atoms with Crippen molar-refractivity contribution in [3.05, 3.63) is 48.8 Å². The standard InChI is InChI=1S/C11H13ClN2/c1-3-7-14(8-4-2)10-5-6-13-11(12)9-10/h3-6,9H,1-2,7-8H2. The second kappa shape index (κ2) is 5.45. The second-order valence-corrected chi connectivity index (χ2v) is 3.21. The van der Waals surface area contributed by atoms with Crippen molar-refractivity contribution in [1.29, 1.82) is 0 Å². The molecule has 0 aliphatic rings. The van der Waals surface area contributed by atoms with Crippen molar-refractivity contribution in [3.63, 3.8) is 0 Å². The number of rotatable bonds is 5. The van der Waals surface area contributed by atoms with E-state index in [1.165, 1.54) is 0 Å². The van der Waals surface area contributed by atoms with E-state index >= 15 is 0 Å². The van der Waals surface area contributed by atoms with Crippen molar-refractivity contribution in [2.24, 2.45) is 0 Å². The maximum atomic E-state index is 5.80. The molecular formula is C11H13ClN2. The fourth-order valence-corrected chi connectivity index (χ4v) is 1.35. The van der Waals surface area contributed by atoms with Gasteiger partial charge in [-0.15, -0.1) is 13.2 Å². The average molecular weight is 209 g/mol. The first-order valence-corrected chi connectivity index (χ1v) is 4.74. The number of hydrogen-bond acceptors (Lipinski definition) is 2. The number of nitrogens with zero attached hydrogens (tertiary/aromatic N) is 2. The Hall–Kier alpha value is -1.28. The van der Waals surface area contributed by atoms with E-state index in [2.05, 4.69) is 23.0 Å². The van der Waals surface area contributed by atoms with Gasteiger partial charge in [-0.2, -0.15) is 0 Å². The molecule has 0 aliphatic carbocycles. The molecule has 0 fully saturated rings. The van der Waals surface area contributed by atoms with Crippen molar-refractivity contribution in [1.82, 2.24) is 4.98 Å². The van der Waals surface area contributed by atoms with Gasteiger partial charge in [-0.05, 0) is 12.1 Å². The highest BCUT2D eigenvalue weighted by Crippen LogP contribution is 2.16. The summed E-state index contributed by atoms with van der Waals surface area (Å²) in [5.41, 5.74) is 1.03. The minimum absolute atomic E-state index is 0.501. The molecule has 0 spiro atoms. The Morgan fingerprint density at radius 1 is 1.36 bits per heavy atom. The summed E-state index contributed by atoms with van der Waals surface area (Å²) in [5, 5.41) is 0.501. The molecule has 3 heteroatoms. The third kappa shape index (κ3) is 2.89. The molecule has 1 rings (SSSR count). The zero-order valence-electron chi connectivity index (χ0n) is 7.99. The Bertz CT molecular complexity index is 313. The van der Waals surface area contributed by atoms with Crippen LogP contribution in [0.2, 0.25) is 5.15 Å². The molecule has 0 aromatic carbocycles. The summed E-state index contributed by atoms with van der Waals surface area (Å²) in [5.74, 6) is 0. The molecule has 0 atom stereocenters. The number of halogens is 1. The molecule has 1 aromatic heterocycles. The highest BCUT2D eigenvalue weighted by Gasteiger charge is 2.02. The minimum atomic E-state index is 0.501. The highest BCUT2D eigenvalue weighted by atomic mass is 35.5. The summed E-state index contributed by atoms with van der Waals surface area (Å²) in [4.78, 5) is 6.03. The van der Waals surface area contributed by atoms with Crippen LogP contribution in [0.5, 0.6) is 0 Å². The number of pyridine rings is 1. The molecular weight excluding hydrogens is 196 g/mol. The van der Waals surface area contributed by atoms with Gasteiger partial charge in [0, 0.05) is 25.0 Å². The molecule has 0 saturated carbocycles. The van der Waals surface area contributed by atoms with Crippen molar-refractivity contribution < 1.29 is 0 Å². The molecule has 74 valence electrons. The minimum Gasteiger partial charge on any atom is -0.364 e. The van der Waals surface area contributed by atoms with E-state index < -0.39 is 0 Å². The van der Waals surface area contributed by atoms with Gasteiger partial charge in [0.05, 0.1) is 0 Å². The molecule has 0 amide bonds. The number of aromatic nitrogens is 1. The Morgan fingerprint density at radius 2 is 2.00 bits per heavy atom. The van der Waals surface area contributed by atoms with E-state index in [1.807, 2.05) is 24.3 Å². The largest absolute Gasteiger partial charge is 0.364 e. The summed E-state index contributed by atoms with van der Waals surface area (Å²) in [6.45, 7) is 8.95. The highest BCUT2D eigenvalue weighted by molar-refractivity contribution is 6.29. The van der Waals surface area contributed by atoms with E-state index in [0.717, 1.165) is 18.8 Å². The van der Waals surface area contributed by atoms with Crippen LogP contribution in [-0.4, -0.2) is 18.1 Å². The van der Waals surface area contributed by atoms with Gasteiger partial charge in [-0.25, -0.2) is 4.98 Å². The first-order valence-electron chi connectivity index (χ1n) is 4.36. The molecule has 0 radical (unpaired) electrons. The Balaban J connectivity index is 2.85. The van der Waals surface area contributed by atoms with Gasteiger partial charge in [0.1, 0.15) is 5.15 Å². The first kappa shape index (κ1) is 10.8. The van der Waals surface area contributed by atoms with E-state index in [0.29, 0.717) is 5.15 Å². The molecule has 0 saturated heterocycles. The van der Waals surface area contributed by atoms with Crippen LogP contribution in [-0.2, 0) is 0 Å². The lowest BCUT2D eigenvalue weighted by atomic mass is 10.3. The summed E-state index contributed by atoms with van der Waals surface area (Å²) in [7, 11) is 0. The summed E-state index contributed by atoms with van der Waals surface area (Å²) in [6, 6.07) is 3.74. The van der Waals surface area contributed by atoms with Crippen LogP contribution < -0.4 is 4.90 Å². The maximum Gasteiger partial charge on any atom is 0.131 e. The zero-order chi connectivity index (χ0) is 10.4. The quantitative estimate of drug-likeness (QED) is 0.547. The number of hydrogen-bond donors (Lipinski definition) is 0. The molecule has 2 nitrogen and oxygen atoms in total. The monoisotopic (exact) mass is 208 g/mol. The van der Waals surface area contributed by atoms with Gasteiger partial charge >= 0.3 is 0 Å². The molecule has 0 bridgehead atoms. The molecule has 14 heavy (non-hydrogen) atoms. The van der Waals surface area contributed by atoms with Gasteiger partial charge in [-0.1, -0.05) is 23.8 Å². The lowest BCUT2D eigenvalue weighted by Gasteiger charge is -2.21. The SMILES string of the molecule is C=CCN(CC=C)c1ccnc(Cl)c1. The van der Waals surface area contributed by atoms with Crippen molar-refractivity contribution in [3.8, 4) is 0 Å². The van der Waals surface area contributed by atoms with Gasteiger partial charge in [-0.3, -0.25) is 0 Å². The Kier molecular flexibility index (Phi) is 4.20. The maximum absolute atomic E-state index is 5.80. The van der Waals surface area contributed by atoms with E-state index in [4.69, 9.17) is 11.6 Å². The lowest BCUT2D eigenvalue weighted by Crippen LogP contribution is -2.22. The molecule has 1 aromatic rings. The first-order chi connectivity index (χ1) is 6.77. The normalized spacial score (nSPS) is 9.50. The van der Waals surface area contributed by atoms with Gasteiger partial charge in [0.15, 0.2) is 0 Å². The van der Waals surface area contributed by atoms with Crippen LogP contribution in [0, 0.1) is 0 Å². The fraction of sp³-hybridized carbons (Fsp3) is 0.182. The van der Waals surface area contributed by atoms with Crippen LogP contribution in [0.3, 0.4) is 0 Å². The van der Waals surface area contributed by atoms with Crippen LogP contribution >= 0.6 is 11.6 Å². The third-order valence-electron chi connectivity index (χ3n) is 1.77. The van der Waals surface area contributed by atoms with Crippen molar-refractivity contribution in [2.45, 2.75) is 0 Å². The average Bonchev–Trinajstić information content (AvgIpc) is 2.17. The lowest BCUT2D eigenvalue weighted by molar-refractivity contribution is 0.954. The fourth-order valence-electron chi connectivity index (χ4n) is 1.19. The van der Waals surface area contributed by atoms with Gasteiger partial charge < -0.3 is 4.90 Å².